The van der Waals surface area contributed by atoms with Crippen molar-refractivity contribution in [2.45, 2.75) is 39.2 Å². The third-order valence-corrected chi connectivity index (χ3v) is 4.79. The molecule has 1 aromatic rings. The lowest BCUT2D eigenvalue weighted by Gasteiger charge is -2.30. The fourth-order valence-corrected chi connectivity index (χ4v) is 3.28. The fourth-order valence-electron chi connectivity index (χ4n) is 3.02. The molecule has 0 unspecified atom stereocenters. The molecule has 26 heavy (non-hydrogen) atoms. The zero-order valence-electron chi connectivity index (χ0n) is 15.1. The van der Waals surface area contributed by atoms with Crippen LogP contribution in [0.4, 0.5) is 4.79 Å². The third kappa shape index (κ3) is 4.49. The van der Waals surface area contributed by atoms with Crippen molar-refractivity contribution in [2.75, 3.05) is 26.4 Å². The highest BCUT2D eigenvalue weighted by atomic mass is 32.1. The van der Waals surface area contributed by atoms with E-state index in [1.807, 2.05) is 23.2 Å². The molecule has 2 amide bonds. The number of benzene rings is 1. The first-order chi connectivity index (χ1) is 12.7. The van der Waals surface area contributed by atoms with E-state index in [9.17, 15) is 4.79 Å². The Balaban J connectivity index is 1.49. The summed E-state index contributed by atoms with van der Waals surface area (Å²) in [5.41, 5.74) is 1.05. The van der Waals surface area contributed by atoms with Gasteiger partial charge in [0, 0.05) is 26.2 Å². The summed E-state index contributed by atoms with van der Waals surface area (Å²) in [4.78, 5) is 12.4. The molecule has 2 aliphatic heterocycles. The van der Waals surface area contributed by atoms with Crippen LogP contribution in [0.5, 0.6) is 11.5 Å². The Bertz CT molecular complexity index is 655. The van der Waals surface area contributed by atoms with Crippen molar-refractivity contribution >= 4 is 23.4 Å². The Kier molecular flexibility index (Phi) is 6.38. The maximum absolute atomic E-state index is 12.4. The summed E-state index contributed by atoms with van der Waals surface area (Å²) < 4.78 is 10.7. The molecule has 0 aromatic heterocycles. The number of unbranched alkanes of at least 4 members (excludes halogenated alkanes) is 2. The van der Waals surface area contributed by atoms with Crippen LogP contribution in [0, 0.1) is 0 Å². The van der Waals surface area contributed by atoms with Gasteiger partial charge in [-0.2, -0.15) is 0 Å². The molecule has 2 aliphatic rings. The van der Waals surface area contributed by atoms with Gasteiger partial charge in [0.2, 0.25) is 6.79 Å². The van der Waals surface area contributed by atoms with Gasteiger partial charge in [-0.1, -0.05) is 25.8 Å². The zero-order chi connectivity index (χ0) is 18.4. The van der Waals surface area contributed by atoms with Gasteiger partial charge in [0.15, 0.2) is 16.6 Å². The highest BCUT2D eigenvalue weighted by Crippen LogP contribution is 2.32. The lowest BCUT2D eigenvalue weighted by atomic mass is 10.2. The number of nitrogens with zero attached hydrogens (tertiary/aromatic N) is 2. The molecule has 0 bridgehead atoms. The van der Waals surface area contributed by atoms with Crippen LogP contribution in [0.2, 0.25) is 0 Å². The van der Waals surface area contributed by atoms with Crippen molar-refractivity contribution in [2.24, 2.45) is 0 Å². The van der Waals surface area contributed by atoms with Gasteiger partial charge >= 0.3 is 6.03 Å². The summed E-state index contributed by atoms with van der Waals surface area (Å²) in [6.45, 7) is 5.11. The number of rotatable bonds is 6. The van der Waals surface area contributed by atoms with Crippen LogP contribution in [0.3, 0.4) is 0 Å². The van der Waals surface area contributed by atoms with Gasteiger partial charge in [-0.05, 0) is 42.8 Å². The monoisotopic (exact) mass is 378 g/mol. The van der Waals surface area contributed by atoms with Crippen molar-refractivity contribution in [1.82, 2.24) is 20.7 Å². The second kappa shape index (κ2) is 8.93. The van der Waals surface area contributed by atoms with Crippen LogP contribution in [-0.4, -0.2) is 47.6 Å². The molecule has 1 saturated heterocycles. The van der Waals surface area contributed by atoms with Crippen LogP contribution in [-0.2, 0) is 6.54 Å². The number of fused-ring (bicyclic) bond motifs is 1. The van der Waals surface area contributed by atoms with Crippen LogP contribution in [0.15, 0.2) is 18.2 Å². The second-order valence-corrected chi connectivity index (χ2v) is 6.77. The van der Waals surface area contributed by atoms with Gasteiger partial charge < -0.3 is 20.1 Å². The number of hydrogen-bond acceptors (Lipinski definition) is 4. The number of amides is 2. The van der Waals surface area contributed by atoms with Crippen molar-refractivity contribution in [1.29, 1.82) is 0 Å². The number of nitrogens with one attached hydrogen (secondary N) is 2. The van der Waals surface area contributed by atoms with E-state index < -0.39 is 0 Å². The summed E-state index contributed by atoms with van der Waals surface area (Å²) in [5.74, 6) is 1.52. The summed E-state index contributed by atoms with van der Waals surface area (Å²) in [5, 5.41) is 10.3. The average molecular weight is 378 g/mol. The average Bonchev–Trinajstić information content (AvgIpc) is 3.31. The van der Waals surface area contributed by atoms with E-state index in [2.05, 4.69) is 17.6 Å². The van der Waals surface area contributed by atoms with Crippen molar-refractivity contribution in [3.05, 3.63) is 23.8 Å². The van der Waals surface area contributed by atoms with E-state index in [1.54, 1.807) is 5.01 Å². The molecule has 142 valence electrons. The zero-order valence-corrected chi connectivity index (χ0v) is 15.9. The van der Waals surface area contributed by atoms with Gasteiger partial charge in [-0.3, -0.25) is 5.01 Å². The van der Waals surface area contributed by atoms with Crippen molar-refractivity contribution in [3.8, 4) is 11.5 Å². The normalized spacial score (nSPS) is 15.3. The van der Waals surface area contributed by atoms with Crippen LogP contribution in [0.25, 0.3) is 0 Å². The first kappa shape index (κ1) is 18.6. The summed E-state index contributed by atoms with van der Waals surface area (Å²) >= 11 is 5.50. The molecule has 8 heteroatoms. The number of carbonyl (C=O) groups is 1. The molecule has 3 rings (SSSR count). The van der Waals surface area contributed by atoms with Crippen LogP contribution in [0.1, 0.15) is 38.2 Å². The minimum Gasteiger partial charge on any atom is -0.454 e. The first-order valence-corrected chi connectivity index (χ1v) is 9.59. The summed E-state index contributed by atoms with van der Waals surface area (Å²) in [6, 6.07) is 5.74. The van der Waals surface area contributed by atoms with E-state index in [-0.39, 0.29) is 12.8 Å². The standard InChI is InChI=1S/C18H26N4O3S/c1-2-3-4-8-19-17(23)21-9-5-10-22(21)18(26)20-12-14-6-7-15-16(11-14)25-13-24-15/h6-7,11H,2-5,8-10,12-13H2,1H3,(H,19,23)(H,20,26). The number of thiocarbonyl (C=S) groups is 1. The molecule has 0 saturated carbocycles. The molecule has 2 heterocycles. The molecule has 1 fully saturated rings. The number of urea groups is 1. The van der Waals surface area contributed by atoms with E-state index in [1.165, 1.54) is 0 Å². The van der Waals surface area contributed by atoms with E-state index in [0.717, 1.165) is 49.3 Å². The minimum absolute atomic E-state index is 0.0779. The topological polar surface area (TPSA) is 66.1 Å². The Morgan fingerprint density at radius 3 is 2.81 bits per heavy atom. The van der Waals surface area contributed by atoms with E-state index >= 15 is 0 Å². The largest absolute Gasteiger partial charge is 0.454 e. The predicted molar refractivity (Wildman–Crippen MR) is 103 cm³/mol. The molecule has 7 nitrogen and oxygen atoms in total. The Hall–Kier alpha value is -2.22. The number of carbonyl (C=O) groups excluding carboxylic acids is 1. The van der Waals surface area contributed by atoms with Crippen molar-refractivity contribution in [3.63, 3.8) is 0 Å². The quantitative estimate of drug-likeness (QED) is 0.586. The Labute approximate surface area is 159 Å². The minimum atomic E-state index is -0.0779. The molecule has 1 aromatic carbocycles. The Morgan fingerprint density at radius 2 is 1.96 bits per heavy atom. The van der Waals surface area contributed by atoms with Gasteiger partial charge in [0.25, 0.3) is 0 Å². The molecule has 0 radical (unpaired) electrons. The Morgan fingerprint density at radius 1 is 1.15 bits per heavy atom. The molecule has 0 spiro atoms. The fraction of sp³-hybridized carbons (Fsp3) is 0.556. The molecular weight excluding hydrogens is 352 g/mol. The summed E-state index contributed by atoms with van der Waals surface area (Å²) in [6.07, 6.45) is 4.18. The third-order valence-electron chi connectivity index (χ3n) is 4.44. The highest BCUT2D eigenvalue weighted by molar-refractivity contribution is 7.80. The number of hydrazine groups is 1. The smallest absolute Gasteiger partial charge is 0.336 e. The van der Waals surface area contributed by atoms with Crippen molar-refractivity contribution < 1.29 is 14.3 Å². The molecule has 0 atom stereocenters. The summed E-state index contributed by atoms with van der Waals surface area (Å²) in [7, 11) is 0. The van der Waals surface area contributed by atoms with Gasteiger partial charge in [0.1, 0.15) is 0 Å². The predicted octanol–water partition coefficient (Wildman–Crippen LogP) is 2.61. The maximum Gasteiger partial charge on any atom is 0.336 e. The molecular formula is C18H26N4O3S. The van der Waals surface area contributed by atoms with Gasteiger partial charge in [-0.25, -0.2) is 9.80 Å². The maximum atomic E-state index is 12.4. The lowest BCUT2D eigenvalue weighted by Crippen LogP contribution is -2.52. The highest BCUT2D eigenvalue weighted by Gasteiger charge is 2.28. The second-order valence-electron chi connectivity index (χ2n) is 6.39. The lowest BCUT2D eigenvalue weighted by molar-refractivity contribution is 0.124. The van der Waals surface area contributed by atoms with Gasteiger partial charge in [-0.15, -0.1) is 0 Å². The van der Waals surface area contributed by atoms with Crippen LogP contribution < -0.4 is 20.1 Å². The number of hydrogen-bond donors (Lipinski definition) is 2. The molecule has 0 aliphatic carbocycles. The SMILES string of the molecule is CCCCCNC(=O)N1CCCN1C(=S)NCc1ccc2c(c1)OCO2. The van der Waals surface area contributed by atoms with E-state index in [0.29, 0.717) is 24.7 Å². The number of ether oxygens (including phenoxy) is 2. The van der Waals surface area contributed by atoms with E-state index in [4.69, 9.17) is 21.7 Å². The van der Waals surface area contributed by atoms with Gasteiger partial charge in [0.05, 0.1) is 0 Å². The molecule has 2 N–H and O–H groups in total. The first-order valence-electron chi connectivity index (χ1n) is 9.18. The van der Waals surface area contributed by atoms with Crippen LogP contribution >= 0.6 is 12.2 Å².